The van der Waals surface area contributed by atoms with E-state index in [1.165, 1.54) is 0 Å². The second-order valence-corrected chi connectivity index (χ2v) is 6.11. The van der Waals surface area contributed by atoms with Crippen molar-refractivity contribution in [3.8, 4) is 0 Å². The molecule has 0 spiro atoms. The summed E-state index contributed by atoms with van der Waals surface area (Å²) < 4.78 is 12.6. The second-order valence-electron chi connectivity index (χ2n) is 5.42. The van der Waals surface area contributed by atoms with E-state index in [4.69, 9.17) is 9.47 Å². The molecule has 3 nitrogen and oxygen atoms in total. The summed E-state index contributed by atoms with van der Waals surface area (Å²) in [5.74, 6) is 1.06. The summed E-state index contributed by atoms with van der Waals surface area (Å²) in [6.07, 6.45) is 6.16. The van der Waals surface area contributed by atoms with Crippen LogP contribution in [0.3, 0.4) is 0 Å². The number of epoxide rings is 1. The Morgan fingerprint density at radius 2 is 2.06 bits per heavy atom. The number of allylic oxidation sites excluding steroid dienone is 2. The molecule has 2 fully saturated rings. The second kappa shape index (κ2) is 6.20. The zero-order valence-corrected chi connectivity index (χ0v) is 13.8. The average Bonchev–Trinajstić information content (AvgIpc) is 3.13. The first-order chi connectivity index (χ1) is 8.60. The molecule has 0 saturated carbocycles. The van der Waals surface area contributed by atoms with Crippen LogP contribution < -0.4 is 0 Å². The Labute approximate surface area is 124 Å². The molecule has 6 atom stereocenters. The third-order valence-electron chi connectivity index (χ3n) is 4.21. The third-order valence-corrected chi connectivity index (χ3v) is 5.00. The number of ether oxygens (including phenoxy) is 2. The van der Waals surface area contributed by atoms with Gasteiger partial charge >= 0.3 is 0 Å². The summed E-state index contributed by atoms with van der Waals surface area (Å²) in [5.41, 5.74) is 0. The van der Waals surface area contributed by atoms with Crippen molar-refractivity contribution in [2.75, 3.05) is 4.55 Å². The third kappa shape index (κ3) is 2.92. The molecule has 0 radical (unpaired) electrons. The van der Waals surface area contributed by atoms with Crippen molar-refractivity contribution in [3.63, 3.8) is 0 Å². The van der Waals surface area contributed by atoms with Crippen LogP contribution in [0.1, 0.15) is 34.1 Å². The van der Waals surface area contributed by atoms with Gasteiger partial charge in [0.15, 0.2) is 12.5 Å². The predicted octanol–water partition coefficient (Wildman–Crippen LogP) is 3.39. The summed E-state index contributed by atoms with van der Waals surface area (Å²) in [6.45, 7) is 9.00. The standard InChI is InChI=1S/C14H24INO2/c1-5-6-7-9(2)10(3)12-11(4)16(8-15)13-14(17-12)18-13/h6-7,9-14H,5,8H2,1-4H3/b7-6-/t9-,10?,11?,12+,13+,14-/m0/s1. The molecule has 2 aliphatic heterocycles. The van der Waals surface area contributed by atoms with Gasteiger partial charge in [0.05, 0.1) is 10.7 Å². The lowest BCUT2D eigenvalue weighted by atomic mass is 9.86. The van der Waals surface area contributed by atoms with Gasteiger partial charge in [0.1, 0.15) is 0 Å². The van der Waals surface area contributed by atoms with E-state index in [0.29, 0.717) is 17.9 Å². The highest BCUT2D eigenvalue weighted by Crippen LogP contribution is 2.40. The molecule has 18 heavy (non-hydrogen) atoms. The monoisotopic (exact) mass is 365 g/mol. The Balaban J connectivity index is 2.00. The van der Waals surface area contributed by atoms with Gasteiger partial charge in [0, 0.05) is 6.04 Å². The smallest absolute Gasteiger partial charge is 0.200 e. The number of halogens is 1. The molecule has 0 amide bonds. The van der Waals surface area contributed by atoms with Gasteiger partial charge in [-0.1, -0.05) is 55.5 Å². The number of nitrogens with zero attached hydrogens (tertiary/aromatic N) is 1. The van der Waals surface area contributed by atoms with Crippen molar-refractivity contribution in [1.29, 1.82) is 0 Å². The fourth-order valence-electron chi connectivity index (χ4n) is 2.68. The molecular formula is C14H24INO2. The van der Waals surface area contributed by atoms with Gasteiger partial charge in [-0.3, -0.25) is 4.90 Å². The minimum Gasteiger partial charge on any atom is -0.343 e. The Kier molecular flexibility index (Phi) is 5.08. The Morgan fingerprint density at radius 3 is 2.67 bits per heavy atom. The molecule has 0 aromatic heterocycles. The highest BCUT2D eigenvalue weighted by atomic mass is 127. The van der Waals surface area contributed by atoms with Gasteiger partial charge in [0.25, 0.3) is 0 Å². The van der Waals surface area contributed by atoms with E-state index >= 15 is 0 Å². The van der Waals surface area contributed by atoms with Crippen molar-refractivity contribution in [3.05, 3.63) is 12.2 Å². The van der Waals surface area contributed by atoms with Gasteiger partial charge in [0.2, 0.25) is 0 Å². The molecule has 0 aromatic carbocycles. The molecule has 4 heteroatoms. The fraction of sp³-hybridized carbons (Fsp3) is 0.857. The lowest BCUT2D eigenvalue weighted by molar-refractivity contribution is -0.0992. The molecular weight excluding hydrogens is 341 g/mol. The molecule has 0 aromatic rings. The minimum atomic E-state index is 0.0192. The van der Waals surface area contributed by atoms with Crippen LogP contribution in [0.4, 0.5) is 0 Å². The highest BCUT2D eigenvalue weighted by molar-refractivity contribution is 14.1. The number of rotatable bonds is 5. The van der Waals surface area contributed by atoms with Crippen LogP contribution in [-0.2, 0) is 9.47 Å². The Bertz CT molecular complexity index is 310. The Hall–Kier alpha value is 0.350. The van der Waals surface area contributed by atoms with Crippen LogP contribution in [0.15, 0.2) is 12.2 Å². The van der Waals surface area contributed by atoms with Crippen LogP contribution in [-0.4, -0.2) is 34.1 Å². The topological polar surface area (TPSA) is 25.0 Å². The molecule has 2 unspecified atom stereocenters. The summed E-state index contributed by atoms with van der Waals surface area (Å²) in [5, 5.41) is 0. The number of hydrogen-bond donors (Lipinski definition) is 0. The lowest BCUT2D eigenvalue weighted by Crippen LogP contribution is -2.52. The van der Waals surface area contributed by atoms with E-state index < -0.39 is 0 Å². The summed E-state index contributed by atoms with van der Waals surface area (Å²) in [4.78, 5) is 2.41. The number of hydrogen-bond acceptors (Lipinski definition) is 3. The largest absolute Gasteiger partial charge is 0.343 e. The highest BCUT2D eigenvalue weighted by Gasteiger charge is 2.54. The lowest BCUT2D eigenvalue weighted by Gasteiger charge is -2.39. The normalized spacial score (nSPS) is 39.6. The van der Waals surface area contributed by atoms with E-state index in [1.54, 1.807) is 0 Å². The molecule has 2 saturated heterocycles. The van der Waals surface area contributed by atoms with Crippen LogP contribution in [0.2, 0.25) is 0 Å². The maximum atomic E-state index is 6.07. The number of fused-ring (bicyclic) bond motifs is 1. The van der Waals surface area contributed by atoms with Crippen LogP contribution in [0, 0.1) is 11.8 Å². The zero-order valence-electron chi connectivity index (χ0n) is 11.7. The predicted molar refractivity (Wildman–Crippen MR) is 81.5 cm³/mol. The first-order valence-electron chi connectivity index (χ1n) is 6.89. The van der Waals surface area contributed by atoms with Gasteiger partial charge in [-0.2, -0.15) is 0 Å². The van der Waals surface area contributed by atoms with E-state index in [-0.39, 0.29) is 18.6 Å². The van der Waals surface area contributed by atoms with Crippen molar-refractivity contribution >= 4 is 22.6 Å². The molecule has 0 N–H and O–H groups in total. The van der Waals surface area contributed by atoms with E-state index in [2.05, 4.69) is 67.3 Å². The molecule has 0 bridgehead atoms. The van der Waals surface area contributed by atoms with Crippen LogP contribution in [0.25, 0.3) is 0 Å². The molecule has 0 aliphatic carbocycles. The van der Waals surface area contributed by atoms with Gasteiger partial charge in [-0.25, -0.2) is 0 Å². The maximum Gasteiger partial charge on any atom is 0.200 e. The van der Waals surface area contributed by atoms with E-state index in [1.807, 2.05) is 0 Å². The van der Waals surface area contributed by atoms with Gasteiger partial charge in [-0.15, -0.1) is 0 Å². The molecule has 2 heterocycles. The first-order valence-corrected chi connectivity index (χ1v) is 8.42. The van der Waals surface area contributed by atoms with Crippen molar-refractivity contribution in [2.45, 2.75) is 58.8 Å². The first kappa shape index (κ1) is 14.8. The van der Waals surface area contributed by atoms with E-state index in [9.17, 15) is 0 Å². The number of alkyl halides is 1. The summed E-state index contributed by atoms with van der Waals surface area (Å²) in [6, 6.07) is 0.429. The molecule has 2 rings (SSSR count). The van der Waals surface area contributed by atoms with Crippen LogP contribution >= 0.6 is 22.6 Å². The minimum absolute atomic E-state index is 0.0192. The van der Waals surface area contributed by atoms with Crippen molar-refractivity contribution < 1.29 is 9.47 Å². The quantitative estimate of drug-likeness (QED) is 0.246. The van der Waals surface area contributed by atoms with Crippen molar-refractivity contribution in [2.24, 2.45) is 11.8 Å². The number of morpholine rings is 1. The van der Waals surface area contributed by atoms with Crippen LogP contribution in [0.5, 0.6) is 0 Å². The zero-order chi connectivity index (χ0) is 13.3. The maximum absolute atomic E-state index is 6.07. The molecule has 2 aliphatic rings. The SMILES string of the molecule is CC/C=C\[C@H](C)C(C)[C@H]1O[C@H]2O[C@H]2N(CI)C1C. The molecule has 104 valence electrons. The summed E-state index contributed by atoms with van der Waals surface area (Å²) in [7, 11) is 0. The Morgan fingerprint density at radius 1 is 1.33 bits per heavy atom. The van der Waals surface area contributed by atoms with Crippen molar-refractivity contribution in [1.82, 2.24) is 4.90 Å². The summed E-state index contributed by atoms with van der Waals surface area (Å²) >= 11 is 2.41. The van der Waals surface area contributed by atoms with Gasteiger partial charge in [-0.05, 0) is 25.2 Å². The average molecular weight is 365 g/mol. The van der Waals surface area contributed by atoms with Gasteiger partial charge < -0.3 is 9.47 Å². The fourth-order valence-corrected chi connectivity index (χ4v) is 3.69. The van der Waals surface area contributed by atoms with E-state index in [0.717, 1.165) is 11.0 Å².